The minimum Gasteiger partial charge on any atom is -0.350 e. The van der Waals surface area contributed by atoms with Gasteiger partial charge in [0.1, 0.15) is 11.9 Å². The fourth-order valence-corrected chi connectivity index (χ4v) is 3.52. The number of rotatable bonds is 6. The monoisotopic (exact) mass is 482 g/mol. The molecule has 0 spiro atoms. The molecule has 0 bridgehead atoms. The van der Waals surface area contributed by atoms with E-state index < -0.39 is 17.4 Å². The lowest BCUT2D eigenvalue weighted by Crippen LogP contribution is -2.52. The highest BCUT2D eigenvalue weighted by Gasteiger charge is 2.29. The molecule has 2 aromatic rings. The molecule has 7 heteroatoms. The van der Waals surface area contributed by atoms with Crippen LogP contribution >= 0.6 is 27.5 Å². The van der Waals surface area contributed by atoms with E-state index >= 15 is 0 Å². The Balaban J connectivity index is 2.32. The van der Waals surface area contributed by atoms with Crippen molar-refractivity contribution in [3.8, 4) is 0 Å². The standard InChI is InChI=1S/C22H25BrClFN2O2/c1-14(21(29)26-22(2,3)4)27(13-15-7-5-8-16(23)11-15)20(28)12-17-18(24)9-6-10-19(17)25/h5-11,14H,12-13H2,1-4H3,(H,26,29)/t14-/m1/s1. The van der Waals surface area contributed by atoms with Gasteiger partial charge in [0.05, 0.1) is 6.42 Å². The lowest BCUT2D eigenvalue weighted by molar-refractivity contribution is -0.140. The molecule has 0 aliphatic heterocycles. The topological polar surface area (TPSA) is 49.4 Å². The van der Waals surface area contributed by atoms with Gasteiger partial charge in [0.25, 0.3) is 0 Å². The number of carbonyl (C=O) groups excluding carboxylic acids is 2. The maximum Gasteiger partial charge on any atom is 0.242 e. The molecule has 4 nitrogen and oxygen atoms in total. The van der Waals surface area contributed by atoms with Crippen LogP contribution in [0.2, 0.25) is 5.02 Å². The summed E-state index contributed by atoms with van der Waals surface area (Å²) in [6, 6.07) is 11.0. The predicted molar refractivity (Wildman–Crippen MR) is 117 cm³/mol. The highest BCUT2D eigenvalue weighted by molar-refractivity contribution is 9.10. The van der Waals surface area contributed by atoms with E-state index in [2.05, 4.69) is 21.2 Å². The number of hydrogen-bond donors (Lipinski definition) is 1. The molecule has 2 amide bonds. The Kier molecular flexibility index (Phi) is 7.83. The molecular formula is C22H25BrClFN2O2. The second-order valence-corrected chi connectivity index (χ2v) is 9.27. The van der Waals surface area contributed by atoms with E-state index in [-0.39, 0.29) is 35.4 Å². The number of nitrogens with zero attached hydrogens (tertiary/aromatic N) is 1. The van der Waals surface area contributed by atoms with Crippen molar-refractivity contribution >= 4 is 39.3 Å². The average molecular weight is 484 g/mol. The summed E-state index contributed by atoms with van der Waals surface area (Å²) in [5.74, 6) is -1.20. The van der Waals surface area contributed by atoms with Crippen LogP contribution in [0.3, 0.4) is 0 Å². The summed E-state index contributed by atoms with van der Waals surface area (Å²) >= 11 is 9.51. The molecule has 156 valence electrons. The smallest absolute Gasteiger partial charge is 0.242 e. The fourth-order valence-electron chi connectivity index (χ4n) is 2.84. The van der Waals surface area contributed by atoms with Crippen LogP contribution in [0.15, 0.2) is 46.9 Å². The summed E-state index contributed by atoms with van der Waals surface area (Å²) in [5, 5.41) is 3.08. The second kappa shape index (κ2) is 9.72. The Bertz CT molecular complexity index is 878. The molecule has 0 aliphatic carbocycles. The summed E-state index contributed by atoms with van der Waals surface area (Å²) in [5.41, 5.74) is 0.537. The molecule has 2 aromatic carbocycles. The maximum atomic E-state index is 14.2. The number of nitrogens with one attached hydrogen (secondary N) is 1. The average Bonchev–Trinajstić information content (AvgIpc) is 2.61. The second-order valence-electron chi connectivity index (χ2n) is 7.94. The van der Waals surface area contributed by atoms with Crippen LogP contribution in [0.25, 0.3) is 0 Å². The van der Waals surface area contributed by atoms with Crippen molar-refractivity contribution in [1.29, 1.82) is 0 Å². The van der Waals surface area contributed by atoms with Gasteiger partial charge < -0.3 is 10.2 Å². The number of halogens is 3. The van der Waals surface area contributed by atoms with Crippen molar-refractivity contribution in [3.05, 3.63) is 68.9 Å². The van der Waals surface area contributed by atoms with Crippen molar-refractivity contribution in [2.45, 2.75) is 52.2 Å². The third-order valence-electron chi connectivity index (χ3n) is 4.30. The number of amides is 2. The number of benzene rings is 2. The van der Waals surface area contributed by atoms with Crippen molar-refractivity contribution in [2.75, 3.05) is 0 Å². The zero-order valence-electron chi connectivity index (χ0n) is 16.9. The van der Waals surface area contributed by atoms with Gasteiger partial charge in [0, 0.05) is 27.1 Å². The molecule has 2 rings (SSSR count). The van der Waals surface area contributed by atoms with E-state index in [1.54, 1.807) is 13.0 Å². The molecule has 0 aliphatic rings. The van der Waals surface area contributed by atoms with E-state index in [0.29, 0.717) is 0 Å². The molecule has 0 saturated carbocycles. The number of hydrogen-bond acceptors (Lipinski definition) is 2. The maximum absolute atomic E-state index is 14.2. The van der Waals surface area contributed by atoms with Crippen LogP contribution in [0.1, 0.15) is 38.8 Å². The van der Waals surface area contributed by atoms with Crippen molar-refractivity contribution in [2.24, 2.45) is 0 Å². The van der Waals surface area contributed by atoms with Crippen LogP contribution < -0.4 is 5.32 Å². The van der Waals surface area contributed by atoms with Crippen molar-refractivity contribution in [1.82, 2.24) is 10.2 Å². The number of carbonyl (C=O) groups is 2. The molecule has 0 fully saturated rings. The van der Waals surface area contributed by atoms with E-state index in [1.165, 1.54) is 17.0 Å². The molecule has 0 aromatic heterocycles. The first kappa shape index (κ1) is 23.4. The molecule has 0 radical (unpaired) electrons. The first-order chi connectivity index (χ1) is 13.5. The zero-order valence-corrected chi connectivity index (χ0v) is 19.3. The lowest BCUT2D eigenvalue weighted by atomic mass is 10.1. The Morgan fingerprint density at radius 2 is 1.86 bits per heavy atom. The SMILES string of the molecule is C[C@H](C(=O)NC(C)(C)C)N(Cc1cccc(Br)c1)C(=O)Cc1c(F)cccc1Cl. The van der Waals surface area contributed by atoms with E-state index in [1.807, 2.05) is 45.0 Å². The van der Waals surface area contributed by atoms with E-state index in [0.717, 1.165) is 10.0 Å². The summed E-state index contributed by atoms with van der Waals surface area (Å²) in [6.07, 6.45) is -0.230. The van der Waals surface area contributed by atoms with Crippen LogP contribution in [-0.2, 0) is 22.6 Å². The van der Waals surface area contributed by atoms with Crippen LogP contribution in [0.4, 0.5) is 4.39 Å². The van der Waals surface area contributed by atoms with Gasteiger partial charge in [0.2, 0.25) is 11.8 Å². The Labute approximate surface area is 184 Å². The minimum absolute atomic E-state index is 0.127. The van der Waals surface area contributed by atoms with E-state index in [9.17, 15) is 14.0 Å². The van der Waals surface area contributed by atoms with Crippen LogP contribution in [0.5, 0.6) is 0 Å². The quantitative estimate of drug-likeness (QED) is 0.620. The Morgan fingerprint density at radius 1 is 1.21 bits per heavy atom. The first-order valence-electron chi connectivity index (χ1n) is 9.27. The van der Waals surface area contributed by atoms with Crippen LogP contribution in [0, 0.1) is 5.82 Å². The molecule has 0 heterocycles. The molecule has 29 heavy (non-hydrogen) atoms. The van der Waals surface area contributed by atoms with Gasteiger partial charge in [-0.2, -0.15) is 0 Å². The Hall–Kier alpha value is -1.92. The molecule has 1 N–H and O–H groups in total. The highest BCUT2D eigenvalue weighted by atomic mass is 79.9. The van der Waals surface area contributed by atoms with Crippen molar-refractivity contribution < 1.29 is 14.0 Å². The third-order valence-corrected chi connectivity index (χ3v) is 5.14. The summed E-state index contributed by atoms with van der Waals surface area (Å²) in [6.45, 7) is 7.49. The van der Waals surface area contributed by atoms with Gasteiger partial charge in [-0.15, -0.1) is 0 Å². The van der Waals surface area contributed by atoms with Gasteiger partial charge >= 0.3 is 0 Å². The molecule has 0 unspecified atom stereocenters. The largest absolute Gasteiger partial charge is 0.350 e. The van der Waals surface area contributed by atoms with E-state index in [4.69, 9.17) is 11.6 Å². The molecular weight excluding hydrogens is 459 g/mol. The lowest BCUT2D eigenvalue weighted by Gasteiger charge is -2.31. The third kappa shape index (κ3) is 6.82. The van der Waals surface area contributed by atoms with Gasteiger partial charge in [-0.3, -0.25) is 9.59 Å². The van der Waals surface area contributed by atoms with Gasteiger partial charge in [-0.1, -0.05) is 45.7 Å². The summed E-state index contributed by atoms with van der Waals surface area (Å²) < 4.78 is 15.1. The Morgan fingerprint density at radius 3 is 2.45 bits per heavy atom. The normalized spacial score (nSPS) is 12.4. The van der Waals surface area contributed by atoms with Gasteiger partial charge in [-0.05, 0) is 57.5 Å². The minimum atomic E-state index is -0.744. The summed E-state index contributed by atoms with van der Waals surface area (Å²) in [7, 11) is 0. The fraction of sp³-hybridized carbons (Fsp3) is 0.364. The van der Waals surface area contributed by atoms with Crippen LogP contribution in [-0.4, -0.2) is 28.3 Å². The molecule has 1 atom stereocenters. The summed E-state index contributed by atoms with van der Waals surface area (Å²) in [4.78, 5) is 27.3. The molecule has 0 saturated heterocycles. The predicted octanol–water partition coefficient (Wildman–Crippen LogP) is 5.12. The zero-order chi connectivity index (χ0) is 21.8. The van der Waals surface area contributed by atoms with Crippen molar-refractivity contribution in [3.63, 3.8) is 0 Å². The van der Waals surface area contributed by atoms with Gasteiger partial charge in [-0.25, -0.2) is 4.39 Å². The van der Waals surface area contributed by atoms with Gasteiger partial charge in [0.15, 0.2) is 0 Å². The first-order valence-corrected chi connectivity index (χ1v) is 10.4. The highest BCUT2D eigenvalue weighted by Crippen LogP contribution is 2.22.